The van der Waals surface area contributed by atoms with Gasteiger partial charge in [-0.15, -0.1) is 5.10 Å². The van der Waals surface area contributed by atoms with E-state index in [-0.39, 0.29) is 11.7 Å². The Labute approximate surface area is 140 Å². The number of nitrogens with zero attached hydrogens (tertiary/aromatic N) is 2. The highest BCUT2D eigenvalue weighted by molar-refractivity contribution is 6.31. The number of hydrogen-bond donors (Lipinski definition) is 3. The molecule has 0 aliphatic carbocycles. The number of phenols is 1. The summed E-state index contributed by atoms with van der Waals surface area (Å²) in [4.78, 5) is 1.45. The molecule has 4 N–H and O–H groups in total. The fourth-order valence-corrected chi connectivity index (χ4v) is 2.57. The van der Waals surface area contributed by atoms with E-state index in [9.17, 15) is 18.3 Å². The molecule has 0 fully saturated rings. The van der Waals surface area contributed by atoms with Crippen molar-refractivity contribution in [3.05, 3.63) is 58.6 Å². The average molecular weight is 357 g/mol. The Morgan fingerprint density at radius 2 is 1.83 bits per heavy atom. The first-order valence-corrected chi connectivity index (χ1v) is 7.19. The lowest BCUT2D eigenvalue weighted by molar-refractivity contribution is -0.137. The lowest BCUT2D eigenvalue weighted by atomic mass is 10.1. The van der Waals surface area contributed by atoms with Crippen molar-refractivity contribution in [1.82, 2.24) is 5.43 Å². The van der Waals surface area contributed by atoms with Crippen LogP contribution in [0, 0.1) is 0 Å². The van der Waals surface area contributed by atoms with Crippen LogP contribution in [-0.2, 0) is 6.18 Å². The third-order valence-electron chi connectivity index (χ3n) is 3.56. The fourth-order valence-electron chi connectivity index (χ4n) is 2.40. The van der Waals surface area contributed by atoms with E-state index in [0.717, 1.165) is 12.1 Å². The zero-order valence-electron chi connectivity index (χ0n) is 12.0. The molecular weight excluding hydrogens is 345 g/mol. The van der Waals surface area contributed by atoms with Gasteiger partial charge < -0.3 is 10.8 Å². The number of phenolic OH excluding ortho intramolecular Hbond substituents is 1. The van der Waals surface area contributed by atoms with Crippen molar-refractivity contribution in [3.8, 4) is 5.75 Å². The van der Waals surface area contributed by atoms with Crippen LogP contribution in [0.4, 0.5) is 18.9 Å². The van der Waals surface area contributed by atoms with E-state index in [1.54, 1.807) is 0 Å². The number of rotatable bonds is 2. The molecule has 3 rings (SSSR count). The van der Waals surface area contributed by atoms with Crippen molar-refractivity contribution in [2.45, 2.75) is 12.3 Å². The Bertz CT molecular complexity index is 792. The second-order valence-electron chi connectivity index (χ2n) is 5.12. The lowest BCUT2D eigenvalue weighted by Crippen LogP contribution is -2.37. The predicted octanol–water partition coefficient (Wildman–Crippen LogP) is 3.40. The lowest BCUT2D eigenvalue weighted by Gasteiger charge is -2.26. The molecule has 126 valence electrons. The number of benzene rings is 2. The van der Waals surface area contributed by atoms with Gasteiger partial charge in [0, 0.05) is 5.02 Å². The SMILES string of the molecule is NC1=NNC(c2ccc(C(F)(F)F)cc2)N1c1cc(Cl)ccc1O. The molecule has 0 spiro atoms. The van der Waals surface area contributed by atoms with E-state index in [1.807, 2.05) is 0 Å². The molecule has 1 aliphatic rings. The number of anilines is 1. The molecule has 2 aromatic rings. The molecular formula is C15H12ClF3N4O. The normalized spacial score (nSPS) is 17.6. The average Bonchev–Trinajstić information content (AvgIpc) is 2.90. The molecule has 0 amide bonds. The van der Waals surface area contributed by atoms with Crippen LogP contribution in [0.3, 0.4) is 0 Å². The Morgan fingerprint density at radius 3 is 2.46 bits per heavy atom. The highest BCUT2D eigenvalue weighted by Gasteiger charge is 2.33. The van der Waals surface area contributed by atoms with E-state index in [0.29, 0.717) is 16.3 Å². The van der Waals surface area contributed by atoms with Crippen molar-refractivity contribution in [3.63, 3.8) is 0 Å². The van der Waals surface area contributed by atoms with E-state index in [4.69, 9.17) is 17.3 Å². The number of halogens is 4. The fraction of sp³-hybridized carbons (Fsp3) is 0.133. The van der Waals surface area contributed by atoms with Crippen molar-refractivity contribution in [2.24, 2.45) is 10.8 Å². The highest BCUT2D eigenvalue weighted by Crippen LogP contribution is 2.37. The Balaban J connectivity index is 1.97. The molecule has 0 saturated carbocycles. The first kappa shape index (κ1) is 16.3. The molecule has 0 aromatic heterocycles. The predicted molar refractivity (Wildman–Crippen MR) is 84.5 cm³/mol. The van der Waals surface area contributed by atoms with Crippen LogP contribution >= 0.6 is 11.6 Å². The third-order valence-corrected chi connectivity index (χ3v) is 3.79. The van der Waals surface area contributed by atoms with Gasteiger partial charge in [0.2, 0.25) is 5.96 Å². The molecule has 5 nitrogen and oxygen atoms in total. The van der Waals surface area contributed by atoms with E-state index >= 15 is 0 Å². The molecule has 9 heteroatoms. The summed E-state index contributed by atoms with van der Waals surface area (Å²) in [6.07, 6.45) is -5.08. The molecule has 1 aliphatic heterocycles. The van der Waals surface area contributed by atoms with Crippen molar-refractivity contribution in [2.75, 3.05) is 4.90 Å². The van der Waals surface area contributed by atoms with E-state index in [2.05, 4.69) is 10.5 Å². The van der Waals surface area contributed by atoms with Crippen LogP contribution in [0.15, 0.2) is 47.6 Å². The van der Waals surface area contributed by atoms with Crippen LogP contribution in [-0.4, -0.2) is 11.1 Å². The van der Waals surface area contributed by atoms with Gasteiger partial charge in [-0.1, -0.05) is 23.7 Å². The number of nitrogens with one attached hydrogen (secondary N) is 1. The molecule has 0 saturated heterocycles. The smallest absolute Gasteiger partial charge is 0.416 e. The molecule has 0 bridgehead atoms. The first-order chi connectivity index (χ1) is 11.3. The van der Waals surface area contributed by atoms with Crippen molar-refractivity contribution < 1.29 is 18.3 Å². The second kappa shape index (κ2) is 5.79. The molecule has 0 radical (unpaired) electrons. The monoisotopic (exact) mass is 356 g/mol. The number of guanidine groups is 1. The maximum Gasteiger partial charge on any atom is 0.416 e. The number of alkyl halides is 3. The zero-order valence-corrected chi connectivity index (χ0v) is 12.8. The minimum Gasteiger partial charge on any atom is -0.506 e. The quantitative estimate of drug-likeness (QED) is 0.771. The van der Waals surface area contributed by atoms with Crippen molar-refractivity contribution in [1.29, 1.82) is 0 Å². The Morgan fingerprint density at radius 1 is 1.17 bits per heavy atom. The summed E-state index contributed by atoms with van der Waals surface area (Å²) in [5.41, 5.74) is 8.59. The number of nitrogens with two attached hydrogens (primary N) is 1. The second-order valence-corrected chi connectivity index (χ2v) is 5.56. The third kappa shape index (κ3) is 2.92. The highest BCUT2D eigenvalue weighted by atomic mass is 35.5. The summed E-state index contributed by atoms with van der Waals surface area (Å²) >= 11 is 5.94. The van der Waals surface area contributed by atoms with Gasteiger partial charge in [0.05, 0.1) is 11.3 Å². The van der Waals surface area contributed by atoms with Crippen LogP contribution in [0.2, 0.25) is 5.02 Å². The molecule has 24 heavy (non-hydrogen) atoms. The van der Waals surface area contributed by atoms with Crippen LogP contribution < -0.4 is 16.1 Å². The van der Waals surface area contributed by atoms with Gasteiger partial charge in [-0.05, 0) is 35.9 Å². The van der Waals surface area contributed by atoms with Gasteiger partial charge >= 0.3 is 6.18 Å². The van der Waals surface area contributed by atoms with E-state index in [1.165, 1.54) is 35.2 Å². The molecule has 2 aromatic carbocycles. The van der Waals surface area contributed by atoms with Crippen LogP contribution in [0.25, 0.3) is 0 Å². The summed E-state index contributed by atoms with van der Waals surface area (Å²) in [5.74, 6) is -0.0318. The maximum atomic E-state index is 12.7. The molecule has 1 heterocycles. The van der Waals surface area contributed by atoms with Gasteiger partial charge in [0.15, 0.2) is 0 Å². The van der Waals surface area contributed by atoms with Crippen molar-refractivity contribution >= 4 is 23.2 Å². The number of hydrogen-bond acceptors (Lipinski definition) is 5. The topological polar surface area (TPSA) is 73.9 Å². The molecule has 1 unspecified atom stereocenters. The summed E-state index contributed by atoms with van der Waals surface area (Å²) in [5, 5.41) is 14.3. The van der Waals surface area contributed by atoms with Crippen LogP contribution in [0.5, 0.6) is 5.75 Å². The van der Waals surface area contributed by atoms with Gasteiger partial charge in [0.1, 0.15) is 11.9 Å². The summed E-state index contributed by atoms with van der Waals surface area (Å²) < 4.78 is 38.0. The van der Waals surface area contributed by atoms with Gasteiger partial charge in [-0.2, -0.15) is 13.2 Å². The minimum atomic E-state index is -4.41. The Kier molecular flexibility index (Phi) is 3.92. The maximum absolute atomic E-state index is 12.7. The molecule has 1 atom stereocenters. The van der Waals surface area contributed by atoms with E-state index < -0.39 is 17.9 Å². The first-order valence-electron chi connectivity index (χ1n) is 6.81. The number of aromatic hydroxyl groups is 1. The van der Waals surface area contributed by atoms with Gasteiger partial charge in [0.25, 0.3) is 0 Å². The largest absolute Gasteiger partial charge is 0.506 e. The Hall–Kier alpha value is -2.61. The number of hydrazone groups is 1. The summed E-state index contributed by atoms with van der Waals surface area (Å²) in [7, 11) is 0. The zero-order chi connectivity index (χ0) is 17.5. The van der Waals surface area contributed by atoms with Gasteiger partial charge in [-0.3, -0.25) is 10.3 Å². The summed E-state index contributed by atoms with van der Waals surface area (Å²) in [6, 6.07) is 8.98. The van der Waals surface area contributed by atoms with Gasteiger partial charge in [-0.25, -0.2) is 0 Å². The standard InChI is InChI=1S/C15H12ClF3N4O/c16-10-5-6-12(24)11(7-10)23-13(21-22-14(23)20)8-1-3-9(4-2-8)15(17,18)19/h1-7,13,21,24H,(H2,20,22). The van der Waals surface area contributed by atoms with Crippen LogP contribution in [0.1, 0.15) is 17.3 Å². The minimum absolute atomic E-state index is 0.0532. The summed E-state index contributed by atoms with van der Waals surface area (Å²) in [6.45, 7) is 0.